The Balaban J connectivity index is 2.01. The Morgan fingerprint density at radius 3 is 1.82 bits per heavy atom. The fourth-order valence-corrected chi connectivity index (χ4v) is 4.75. The molecule has 162 valence electrons. The van der Waals surface area contributed by atoms with Gasteiger partial charge in [-0.05, 0) is 62.9 Å². The number of nitrogens with two attached hydrogens (primary N) is 1. The molecular formula is C27H49N. The van der Waals surface area contributed by atoms with Crippen molar-refractivity contribution in [2.45, 2.75) is 130 Å². The van der Waals surface area contributed by atoms with E-state index in [1.54, 1.807) is 5.57 Å². The lowest BCUT2D eigenvalue weighted by molar-refractivity contribution is 0.383. The number of allylic oxidation sites excluding steroid dienone is 4. The zero-order chi connectivity index (χ0) is 20.8. The van der Waals surface area contributed by atoms with E-state index in [4.69, 9.17) is 5.73 Å². The van der Waals surface area contributed by atoms with Crippen molar-refractivity contribution < 1.29 is 0 Å². The Hall–Kier alpha value is -0.980. The molecule has 0 bridgehead atoms. The number of rotatable bonds is 15. The molecule has 1 heteroatoms. The van der Waals surface area contributed by atoms with Gasteiger partial charge in [-0.15, -0.1) is 0 Å². The Morgan fingerprint density at radius 2 is 1.32 bits per heavy atom. The van der Waals surface area contributed by atoms with Gasteiger partial charge in [0.25, 0.3) is 0 Å². The molecule has 1 rings (SSSR count). The van der Waals surface area contributed by atoms with Crippen molar-refractivity contribution in [2.75, 3.05) is 0 Å². The highest BCUT2D eigenvalue weighted by atomic mass is 14.5. The van der Waals surface area contributed by atoms with Crippen LogP contribution in [0.25, 0.3) is 0 Å². The summed E-state index contributed by atoms with van der Waals surface area (Å²) in [5, 5.41) is 0. The van der Waals surface area contributed by atoms with Crippen LogP contribution in [0.4, 0.5) is 0 Å². The van der Waals surface area contributed by atoms with Crippen LogP contribution < -0.4 is 5.73 Å². The SMILES string of the molecule is C=C(N)CCCCCCCCCCCCCCC1=C(C)C(=C)CCCC1(C)C. The lowest BCUT2D eigenvalue weighted by Gasteiger charge is -2.28. The second-order valence-corrected chi connectivity index (χ2v) is 9.85. The van der Waals surface area contributed by atoms with Crippen LogP contribution in [-0.2, 0) is 0 Å². The molecule has 0 aliphatic heterocycles. The standard InChI is InChI=1S/C27H49N/c1-23-19-18-22-27(4,5)26(25(23)3)21-17-15-13-11-9-7-6-8-10-12-14-16-20-24(2)28/h1-2,6-22,28H2,3-5H3. The van der Waals surface area contributed by atoms with E-state index < -0.39 is 0 Å². The first-order valence-corrected chi connectivity index (χ1v) is 12.2. The van der Waals surface area contributed by atoms with Crippen LogP contribution in [0.3, 0.4) is 0 Å². The molecule has 0 unspecified atom stereocenters. The summed E-state index contributed by atoms with van der Waals surface area (Å²) in [7, 11) is 0. The Morgan fingerprint density at radius 1 is 0.857 bits per heavy atom. The maximum absolute atomic E-state index is 5.60. The Labute approximate surface area is 176 Å². The minimum Gasteiger partial charge on any atom is -0.403 e. The maximum Gasteiger partial charge on any atom is 0.000744 e. The van der Waals surface area contributed by atoms with Crippen molar-refractivity contribution in [2.24, 2.45) is 11.1 Å². The van der Waals surface area contributed by atoms with Gasteiger partial charge in [0.1, 0.15) is 0 Å². The van der Waals surface area contributed by atoms with Crippen molar-refractivity contribution in [1.29, 1.82) is 0 Å². The van der Waals surface area contributed by atoms with E-state index in [0.717, 1.165) is 12.1 Å². The fraction of sp³-hybridized carbons (Fsp3) is 0.778. The minimum absolute atomic E-state index is 0.377. The van der Waals surface area contributed by atoms with E-state index in [9.17, 15) is 0 Å². The summed E-state index contributed by atoms with van der Waals surface area (Å²) in [5.74, 6) is 0. The van der Waals surface area contributed by atoms with Gasteiger partial charge < -0.3 is 5.73 Å². The second kappa shape index (κ2) is 14.1. The summed E-state index contributed by atoms with van der Waals surface area (Å²) in [6.07, 6.45) is 22.7. The highest BCUT2D eigenvalue weighted by molar-refractivity contribution is 5.36. The Kier molecular flexibility index (Phi) is 12.6. The van der Waals surface area contributed by atoms with Crippen molar-refractivity contribution >= 4 is 0 Å². The maximum atomic E-state index is 5.60. The fourth-order valence-electron chi connectivity index (χ4n) is 4.75. The summed E-state index contributed by atoms with van der Waals surface area (Å²) in [6.45, 7) is 15.3. The summed E-state index contributed by atoms with van der Waals surface area (Å²) < 4.78 is 0. The molecule has 1 aliphatic rings. The predicted molar refractivity (Wildman–Crippen MR) is 127 cm³/mol. The van der Waals surface area contributed by atoms with Crippen molar-refractivity contribution in [1.82, 2.24) is 0 Å². The molecule has 0 saturated heterocycles. The van der Waals surface area contributed by atoms with Crippen LogP contribution in [0, 0.1) is 5.41 Å². The molecular weight excluding hydrogens is 338 g/mol. The molecule has 0 amide bonds. The van der Waals surface area contributed by atoms with Crippen molar-refractivity contribution in [3.8, 4) is 0 Å². The largest absolute Gasteiger partial charge is 0.403 e. The molecule has 1 nitrogen and oxygen atoms in total. The average Bonchev–Trinajstić information content (AvgIpc) is 2.72. The van der Waals surface area contributed by atoms with Gasteiger partial charge in [0.2, 0.25) is 0 Å². The van der Waals surface area contributed by atoms with Crippen LogP contribution in [0.5, 0.6) is 0 Å². The summed E-state index contributed by atoms with van der Waals surface area (Å²) in [5.41, 5.74) is 11.4. The van der Waals surface area contributed by atoms with Gasteiger partial charge in [-0.25, -0.2) is 0 Å². The third-order valence-electron chi connectivity index (χ3n) is 6.75. The first kappa shape index (κ1) is 25.1. The van der Waals surface area contributed by atoms with Gasteiger partial charge in [0, 0.05) is 5.70 Å². The second-order valence-electron chi connectivity index (χ2n) is 9.85. The molecule has 0 spiro atoms. The van der Waals surface area contributed by atoms with E-state index in [-0.39, 0.29) is 0 Å². The summed E-state index contributed by atoms with van der Waals surface area (Å²) >= 11 is 0. The lowest BCUT2D eigenvalue weighted by Crippen LogP contribution is -2.15. The van der Waals surface area contributed by atoms with Gasteiger partial charge in [0.15, 0.2) is 0 Å². The van der Waals surface area contributed by atoms with E-state index in [1.807, 2.05) is 0 Å². The summed E-state index contributed by atoms with van der Waals surface area (Å²) in [4.78, 5) is 0. The number of hydrogen-bond acceptors (Lipinski definition) is 1. The van der Waals surface area contributed by atoms with E-state index in [2.05, 4.69) is 33.9 Å². The molecule has 28 heavy (non-hydrogen) atoms. The molecule has 0 heterocycles. The lowest BCUT2D eigenvalue weighted by atomic mass is 9.77. The molecule has 0 atom stereocenters. The highest BCUT2D eigenvalue weighted by Gasteiger charge is 2.27. The van der Waals surface area contributed by atoms with E-state index in [1.165, 1.54) is 114 Å². The zero-order valence-corrected chi connectivity index (χ0v) is 19.5. The van der Waals surface area contributed by atoms with E-state index in [0.29, 0.717) is 5.41 Å². The van der Waals surface area contributed by atoms with Crippen LogP contribution in [0.15, 0.2) is 35.6 Å². The minimum atomic E-state index is 0.377. The normalized spacial score (nSPS) is 17.0. The third-order valence-corrected chi connectivity index (χ3v) is 6.75. The topological polar surface area (TPSA) is 26.0 Å². The van der Waals surface area contributed by atoms with Gasteiger partial charge in [-0.2, -0.15) is 0 Å². The van der Waals surface area contributed by atoms with Crippen molar-refractivity contribution in [3.05, 3.63) is 35.6 Å². The molecule has 0 aromatic carbocycles. The molecule has 1 aliphatic carbocycles. The smallest absolute Gasteiger partial charge is 0.000744 e. The first-order chi connectivity index (χ1) is 13.3. The predicted octanol–water partition coefficient (Wildman–Crippen LogP) is 9.00. The summed E-state index contributed by atoms with van der Waals surface area (Å²) in [6, 6.07) is 0. The van der Waals surface area contributed by atoms with Crippen LogP contribution in [-0.4, -0.2) is 0 Å². The van der Waals surface area contributed by atoms with Crippen LogP contribution in [0.2, 0.25) is 0 Å². The molecule has 0 radical (unpaired) electrons. The van der Waals surface area contributed by atoms with Gasteiger partial charge in [-0.1, -0.05) is 102 Å². The molecule has 2 N–H and O–H groups in total. The Bertz CT molecular complexity index is 494. The number of hydrogen-bond donors (Lipinski definition) is 1. The van der Waals surface area contributed by atoms with Crippen LogP contribution >= 0.6 is 0 Å². The van der Waals surface area contributed by atoms with Crippen LogP contribution in [0.1, 0.15) is 130 Å². The average molecular weight is 388 g/mol. The molecule has 0 fully saturated rings. The molecule has 0 saturated carbocycles. The molecule has 0 aromatic rings. The monoisotopic (exact) mass is 387 g/mol. The first-order valence-electron chi connectivity index (χ1n) is 12.2. The molecule has 0 aromatic heterocycles. The highest BCUT2D eigenvalue weighted by Crippen LogP contribution is 2.42. The number of unbranched alkanes of at least 4 members (excludes halogenated alkanes) is 11. The van der Waals surface area contributed by atoms with Gasteiger partial charge in [-0.3, -0.25) is 0 Å². The zero-order valence-electron chi connectivity index (χ0n) is 19.5. The quantitative estimate of drug-likeness (QED) is 0.279. The van der Waals surface area contributed by atoms with Gasteiger partial charge in [0.05, 0.1) is 0 Å². The van der Waals surface area contributed by atoms with Gasteiger partial charge >= 0.3 is 0 Å². The third kappa shape index (κ3) is 10.5. The van der Waals surface area contributed by atoms with E-state index >= 15 is 0 Å². The van der Waals surface area contributed by atoms with Crippen molar-refractivity contribution in [3.63, 3.8) is 0 Å².